The van der Waals surface area contributed by atoms with Gasteiger partial charge >= 0.3 is 0 Å². The predicted octanol–water partition coefficient (Wildman–Crippen LogP) is 3.02. The first kappa shape index (κ1) is 10.2. The highest BCUT2D eigenvalue weighted by Crippen LogP contribution is 2.29. The quantitative estimate of drug-likeness (QED) is 0.840. The van der Waals surface area contributed by atoms with Crippen LogP contribution < -0.4 is 5.73 Å². The minimum Gasteiger partial charge on any atom is -0.464 e. The Hall–Kier alpha value is -1.35. The molecule has 0 saturated carbocycles. The lowest BCUT2D eigenvalue weighted by Gasteiger charge is -2.12. The monoisotopic (exact) mass is 207 g/mol. The molecule has 80 valence electrons. The van der Waals surface area contributed by atoms with Gasteiger partial charge in [0.15, 0.2) is 0 Å². The van der Waals surface area contributed by atoms with Gasteiger partial charge in [-0.1, -0.05) is 6.92 Å². The van der Waals surface area contributed by atoms with Crippen molar-refractivity contribution in [2.24, 2.45) is 5.73 Å². The van der Waals surface area contributed by atoms with Gasteiger partial charge in [-0.05, 0) is 37.1 Å². The van der Waals surface area contributed by atoms with Crippen LogP contribution in [0.3, 0.4) is 0 Å². The van der Waals surface area contributed by atoms with Crippen molar-refractivity contribution in [2.45, 2.75) is 19.3 Å². The molecule has 2 nitrogen and oxygen atoms in total. The molecule has 1 aromatic heterocycles. The number of hydrogen-bond acceptors (Lipinski definition) is 2. The molecule has 2 N–H and O–H groups in total. The molecular weight excluding hydrogens is 193 g/mol. The molecule has 15 heavy (non-hydrogen) atoms. The van der Waals surface area contributed by atoms with Crippen molar-refractivity contribution in [1.82, 2.24) is 0 Å². The second-order valence-corrected chi connectivity index (χ2v) is 3.67. The van der Waals surface area contributed by atoms with E-state index in [0.717, 1.165) is 23.0 Å². The van der Waals surface area contributed by atoms with Crippen LogP contribution >= 0.6 is 0 Å². The van der Waals surface area contributed by atoms with E-state index in [1.807, 2.05) is 6.92 Å². The average molecular weight is 207 g/mol. The van der Waals surface area contributed by atoms with E-state index in [2.05, 4.69) is 0 Å². The van der Waals surface area contributed by atoms with E-state index in [1.54, 1.807) is 12.3 Å². The van der Waals surface area contributed by atoms with Crippen molar-refractivity contribution in [3.05, 3.63) is 35.8 Å². The standard InChI is InChI=1S/C12H14FNO/c1-2-8(7-14)11-6-10(13)5-9-3-4-15-12(9)11/h3-6,8H,2,7,14H2,1H3. The molecule has 0 saturated heterocycles. The number of furan rings is 1. The highest BCUT2D eigenvalue weighted by atomic mass is 19.1. The first-order valence-corrected chi connectivity index (χ1v) is 5.13. The first-order chi connectivity index (χ1) is 7.26. The summed E-state index contributed by atoms with van der Waals surface area (Å²) < 4.78 is 18.7. The molecule has 1 aromatic carbocycles. The summed E-state index contributed by atoms with van der Waals surface area (Å²) in [6.45, 7) is 2.55. The minimum atomic E-state index is -0.231. The van der Waals surface area contributed by atoms with Gasteiger partial charge in [-0.15, -0.1) is 0 Å². The largest absolute Gasteiger partial charge is 0.464 e. The summed E-state index contributed by atoms with van der Waals surface area (Å²) in [5.41, 5.74) is 7.29. The third kappa shape index (κ3) is 1.75. The number of halogens is 1. The van der Waals surface area contributed by atoms with Crippen molar-refractivity contribution in [2.75, 3.05) is 6.54 Å². The highest BCUT2D eigenvalue weighted by Gasteiger charge is 2.14. The summed E-state index contributed by atoms with van der Waals surface area (Å²) >= 11 is 0. The molecule has 3 heteroatoms. The molecule has 1 atom stereocenters. The summed E-state index contributed by atoms with van der Waals surface area (Å²) in [6.07, 6.45) is 2.46. The molecule has 1 heterocycles. The zero-order valence-corrected chi connectivity index (χ0v) is 8.66. The van der Waals surface area contributed by atoms with E-state index in [4.69, 9.17) is 10.2 Å². The lowest BCUT2D eigenvalue weighted by Crippen LogP contribution is -2.11. The van der Waals surface area contributed by atoms with Gasteiger partial charge in [0.05, 0.1) is 6.26 Å². The van der Waals surface area contributed by atoms with Crippen LogP contribution in [0.1, 0.15) is 24.8 Å². The normalized spacial score (nSPS) is 13.3. The lowest BCUT2D eigenvalue weighted by atomic mass is 9.95. The molecule has 0 aliphatic rings. The Morgan fingerprint density at radius 3 is 2.93 bits per heavy atom. The fraction of sp³-hybridized carbons (Fsp3) is 0.333. The predicted molar refractivity (Wildman–Crippen MR) is 58.3 cm³/mol. The van der Waals surface area contributed by atoms with Crippen LogP contribution in [-0.2, 0) is 0 Å². The number of rotatable bonds is 3. The van der Waals surface area contributed by atoms with Crippen molar-refractivity contribution in [3.63, 3.8) is 0 Å². The Morgan fingerprint density at radius 1 is 1.47 bits per heavy atom. The van der Waals surface area contributed by atoms with Gasteiger partial charge < -0.3 is 10.2 Å². The Kier molecular flexibility index (Phi) is 2.73. The summed E-state index contributed by atoms with van der Waals surface area (Å²) in [5.74, 6) is -0.0693. The molecule has 0 amide bonds. The van der Waals surface area contributed by atoms with Crippen LogP contribution in [0.2, 0.25) is 0 Å². The summed E-state index contributed by atoms with van der Waals surface area (Å²) in [4.78, 5) is 0. The number of benzene rings is 1. The third-order valence-electron chi connectivity index (χ3n) is 2.76. The van der Waals surface area contributed by atoms with Crippen LogP contribution in [-0.4, -0.2) is 6.54 Å². The molecule has 0 radical (unpaired) electrons. The molecule has 0 fully saturated rings. The Morgan fingerprint density at radius 2 is 2.27 bits per heavy atom. The lowest BCUT2D eigenvalue weighted by molar-refractivity contribution is 0.584. The van der Waals surface area contributed by atoms with Crippen molar-refractivity contribution in [1.29, 1.82) is 0 Å². The van der Waals surface area contributed by atoms with Gasteiger partial charge in [0.1, 0.15) is 11.4 Å². The van der Waals surface area contributed by atoms with Crippen LogP contribution in [0.5, 0.6) is 0 Å². The number of hydrogen-bond donors (Lipinski definition) is 1. The van der Waals surface area contributed by atoms with E-state index < -0.39 is 0 Å². The van der Waals surface area contributed by atoms with Gasteiger partial charge in [0.2, 0.25) is 0 Å². The Bertz CT molecular complexity index is 460. The summed E-state index contributed by atoms with van der Waals surface area (Å²) in [6, 6.07) is 4.77. The van der Waals surface area contributed by atoms with Crippen molar-refractivity contribution < 1.29 is 8.81 Å². The minimum absolute atomic E-state index is 0.161. The first-order valence-electron chi connectivity index (χ1n) is 5.13. The van der Waals surface area contributed by atoms with Crippen molar-refractivity contribution in [3.8, 4) is 0 Å². The van der Waals surface area contributed by atoms with Gasteiger partial charge in [-0.2, -0.15) is 0 Å². The molecular formula is C12H14FNO. The van der Waals surface area contributed by atoms with Gasteiger partial charge in [0.25, 0.3) is 0 Å². The highest BCUT2D eigenvalue weighted by molar-refractivity contribution is 5.81. The number of nitrogens with two attached hydrogens (primary N) is 1. The third-order valence-corrected chi connectivity index (χ3v) is 2.76. The van der Waals surface area contributed by atoms with Crippen LogP contribution in [0.15, 0.2) is 28.9 Å². The second kappa shape index (κ2) is 4.03. The average Bonchev–Trinajstić information content (AvgIpc) is 2.67. The zero-order valence-electron chi connectivity index (χ0n) is 8.66. The Labute approximate surface area is 87.9 Å². The van der Waals surface area contributed by atoms with E-state index in [9.17, 15) is 4.39 Å². The summed E-state index contributed by atoms with van der Waals surface area (Å²) in [5, 5.41) is 0.803. The van der Waals surface area contributed by atoms with E-state index >= 15 is 0 Å². The zero-order chi connectivity index (χ0) is 10.8. The summed E-state index contributed by atoms with van der Waals surface area (Å²) in [7, 11) is 0. The van der Waals surface area contributed by atoms with Crippen molar-refractivity contribution >= 4 is 11.0 Å². The van der Waals surface area contributed by atoms with Crippen LogP contribution in [0.4, 0.5) is 4.39 Å². The van der Waals surface area contributed by atoms with Gasteiger partial charge in [-0.3, -0.25) is 0 Å². The van der Waals surface area contributed by atoms with E-state index in [1.165, 1.54) is 12.1 Å². The smallest absolute Gasteiger partial charge is 0.137 e. The SMILES string of the molecule is CCC(CN)c1cc(F)cc2ccoc12. The molecule has 0 spiro atoms. The molecule has 1 unspecified atom stereocenters. The molecule has 2 aromatic rings. The molecule has 2 rings (SSSR count). The molecule has 0 bridgehead atoms. The van der Waals surface area contributed by atoms with E-state index in [-0.39, 0.29) is 11.7 Å². The maximum absolute atomic E-state index is 13.3. The second-order valence-electron chi connectivity index (χ2n) is 3.67. The van der Waals surface area contributed by atoms with Gasteiger partial charge in [-0.25, -0.2) is 4.39 Å². The maximum Gasteiger partial charge on any atom is 0.137 e. The maximum atomic E-state index is 13.3. The topological polar surface area (TPSA) is 39.2 Å². The fourth-order valence-electron chi connectivity index (χ4n) is 1.89. The van der Waals surface area contributed by atoms with Crippen LogP contribution in [0, 0.1) is 5.82 Å². The van der Waals surface area contributed by atoms with Gasteiger partial charge in [0, 0.05) is 10.9 Å². The fourth-order valence-corrected chi connectivity index (χ4v) is 1.89. The molecule has 0 aliphatic heterocycles. The van der Waals surface area contributed by atoms with Crippen LogP contribution in [0.25, 0.3) is 11.0 Å². The molecule has 0 aliphatic carbocycles. The Balaban J connectivity index is 2.61. The van der Waals surface area contributed by atoms with E-state index in [0.29, 0.717) is 6.54 Å². The number of fused-ring (bicyclic) bond motifs is 1.